The lowest BCUT2D eigenvalue weighted by Gasteiger charge is -2.55. The van der Waals surface area contributed by atoms with Crippen LogP contribution in [-0.4, -0.2) is 36.2 Å². The van der Waals surface area contributed by atoms with Crippen LogP contribution >= 0.6 is 0 Å². The van der Waals surface area contributed by atoms with E-state index in [2.05, 4.69) is 25.2 Å². The van der Waals surface area contributed by atoms with Crippen molar-refractivity contribution in [3.8, 4) is 0 Å². The van der Waals surface area contributed by atoms with Crippen LogP contribution in [0.4, 0.5) is 0 Å². The van der Waals surface area contributed by atoms with Gasteiger partial charge < -0.3 is 10.2 Å². The lowest BCUT2D eigenvalue weighted by molar-refractivity contribution is -0.138. The second kappa shape index (κ2) is 6.70. The van der Waals surface area contributed by atoms with E-state index in [0.29, 0.717) is 11.3 Å². The SMILES string of the molecule is CN(C)C(=O)c1ccc2c(c1)/C(=C/C(=O)C13CC4CC(CC(C4)C1)C3)NC(C)(C)C2. The number of nitrogens with zero attached hydrogens (tertiary/aromatic N) is 1. The molecule has 4 bridgehead atoms. The number of hydrogen-bond acceptors (Lipinski definition) is 3. The summed E-state index contributed by atoms with van der Waals surface area (Å²) in [4.78, 5) is 27.9. The number of carbonyl (C=O) groups is 2. The summed E-state index contributed by atoms with van der Waals surface area (Å²) in [6.07, 6.45) is 10.0. The summed E-state index contributed by atoms with van der Waals surface area (Å²) in [6, 6.07) is 5.96. The van der Waals surface area contributed by atoms with E-state index < -0.39 is 0 Å². The van der Waals surface area contributed by atoms with E-state index in [1.54, 1.807) is 19.0 Å². The van der Waals surface area contributed by atoms with Crippen LogP contribution < -0.4 is 5.32 Å². The average Bonchev–Trinajstić information content (AvgIpc) is 2.65. The molecule has 1 amide bonds. The normalized spacial score (nSPS) is 34.4. The Labute approximate surface area is 180 Å². The minimum Gasteiger partial charge on any atom is -0.379 e. The molecule has 0 radical (unpaired) electrons. The van der Waals surface area contributed by atoms with Gasteiger partial charge in [-0.15, -0.1) is 0 Å². The number of amides is 1. The van der Waals surface area contributed by atoms with Crippen molar-refractivity contribution in [2.75, 3.05) is 14.1 Å². The van der Waals surface area contributed by atoms with Gasteiger partial charge in [0.25, 0.3) is 5.91 Å². The summed E-state index contributed by atoms with van der Waals surface area (Å²) >= 11 is 0. The third-order valence-electron chi connectivity index (χ3n) is 7.99. The fourth-order valence-corrected chi connectivity index (χ4v) is 7.14. The predicted molar refractivity (Wildman–Crippen MR) is 119 cm³/mol. The number of nitrogens with one attached hydrogen (secondary N) is 1. The molecule has 5 aliphatic rings. The molecule has 6 rings (SSSR count). The molecule has 160 valence electrons. The first-order valence-corrected chi connectivity index (χ1v) is 11.5. The van der Waals surface area contributed by atoms with Crippen LogP contribution in [0.15, 0.2) is 24.3 Å². The van der Waals surface area contributed by atoms with Gasteiger partial charge in [0, 0.05) is 47.9 Å². The van der Waals surface area contributed by atoms with E-state index in [1.165, 1.54) is 24.8 Å². The molecule has 4 saturated carbocycles. The molecule has 4 fully saturated rings. The molecule has 30 heavy (non-hydrogen) atoms. The van der Waals surface area contributed by atoms with Crippen LogP contribution in [0.2, 0.25) is 0 Å². The highest BCUT2D eigenvalue weighted by molar-refractivity contribution is 6.02. The Hall–Kier alpha value is -2.10. The van der Waals surface area contributed by atoms with Crippen molar-refractivity contribution >= 4 is 17.4 Å². The molecule has 4 aliphatic carbocycles. The lowest BCUT2D eigenvalue weighted by atomic mass is 9.48. The third-order valence-corrected chi connectivity index (χ3v) is 7.99. The van der Waals surface area contributed by atoms with Gasteiger partial charge in [-0.1, -0.05) is 6.07 Å². The van der Waals surface area contributed by atoms with E-state index in [0.717, 1.165) is 54.7 Å². The zero-order chi connectivity index (χ0) is 21.3. The maximum atomic E-state index is 13.7. The second-order valence-corrected chi connectivity index (χ2v) is 11.4. The summed E-state index contributed by atoms with van der Waals surface area (Å²) in [6.45, 7) is 4.36. The van der Waals surface area contributed by atoms with Crippen molar-refractivity contribution in [2.24, 2.45) is 23.2 Å². The first-order valence-electron chi connectivity index (χ1n) is 11.5. The van der Waals surface area contributed by atoms with Crippen molar-refractivity contribution in [2.45, 2.75) is 64.3 Å². The van der Waals surface area contributed by atoms with Crippen molar-refractivity contribution < 1.29 is 9.59 Å². The van der Waals surface area contributed by atoms with Gasteiger partial charge in [0.1, 0.15) is 0 Å². The highest BCUT2D eigenvalue weighted by Crippen LogP contribution is 2.60. The van der Waals surface area contributed by atoms with Crippen LogP contribution in [0.5, 0.6) is 0 Å². The van der Waals surface area contributed by atoms with Gasteiger partial charge in [-0.25, -0.2) is 0 Å². The zero-order valence-corrected chi connectivity index (χ0v) is 18.8. The van der Waals surface area contributed by atoms with Gasteiger partial charge in [-0.05, 0) is 94.2 Å². The van der Waals surface area contributed by atoms with E-state index in [4.69, 9.17) is 0 Å². The Morgan fingerprint density at radius 1 is 1.03 bits per heavy atom. The molecular formula is C26H34N2O2. The maximum absolute atomic E-state index is 13.7. The monoisotopic (exact) mass is 406 g/mol. The summed E-state index contributed by atoms with van der Waals surface area (Å²) in [5, 5.41) is 3.62. The topological polar surface area (TPSA) is 49.4 Å². The number of rotatable bonds is 3. The Balaban J connectivity index is 1.52. The molecule has 1 aromatic carbocycles. The van der Waals surface area contributed by atoms with Crippen molar-refractivity contribution in [1.29, 1.82) is 0 Å². The Kier molecular flexibility index (Phi) is 4.43. The summed E-state index contributed by atoms with van der Waals surface area (Å²) in [5.74, 6) is 2.58. The number of hydrogen-bond donors (Lipinski definition) is 1. The Bertz CT molecular complexity index is 905. The largest absolute Gasteiger partial charge is 0.379 e. The minimum atomic E-state index is -0.137. The van der Waals surface area contributed by atoms with Gasteiger partial charge in [0.05, 0.1) is 0 Å². The fourth-order valence-electron chi connectivity index (χ4n) is 7.14. The Morgan fingerprint density at radius 2 is 1.63 bits per heavy atom. The number of ketones is 1. The fraction of sp³-hybridized carbons (Fsp3) is 0.615. The highest BCUT2D eigenvalue weighted by atomic mass is 16.2. The van der Waals surface area contributed by atoms with Gasteiger partial charge >= 0.3 is 0 Å². The molecule has 1 N–H and O–H groups in total. The van der Waals surface area contributed by atoms with Crippen LogP contribution in [-0.2, 0) is 11.2 Å². The van der Waals surface area contributed by atoms with Gasteiger partial charge in [0.15, 0.2) is 5.78 Å². The zero-order valence-electron chi connectivity index (χ0n) is 18.8. The predicted octanol–water partition coefficient (Wildman–Crippen LogP) is 4.44. The van der Waals surface area contributed by atoms with Crippen molar-refractivity contribution in [1.82, 2.24) is 10.2 Å². The third kappa shape index (κ3) is 3.29. The molecule has 1 aliphatic heterocycles. The molecule has 0 aromatic heterocycles. The van der Waals surface area contributed by atoms with Crippen LogP contribution in [0.3, 0.4) is 0 Å². The first kappa shape index (κ1) is 19.8. The summed E-state index contributed by atoms with van der Waals surface area (Å²) < 4.78 is 0. The molecule has 4 nitrogen and oxygen atoms in total. The molecule has 0 unspecified atom stereocenters. The van der Waals surface area contributed by atoms with Crippen molar-refractivity contribution in [3.63, 3.8) is 0 Å². The standard InChI is InChI=1S/C26H34N2O2/c1-25(2)15-20-6-5-19(24(30)28(3)4)10-21(20)22(27-25)11-23(29)26-12-16-7-17(13-26)9-18(8-16)14-26/h5-6,10-11,16-18,27H,7-9,12-15H2,1-4H3/b22-11-. The highest BCUT2D eigenvalue weighted by Gasteiger charge is 2.54. The van der Waals surface area contributed by atoms with Crippen LogP contribution in [0.25, 0.3) is 5.70 Å². The average molecular weight is 407 g/mol. The van der Waals surface area contributed by atoms with E-state index >= 15 is 0 Å². The van der Waals surface area contributed by atoms with E-state index in [-0.39, 0.29) is 16.9 Å². The second-order valence-electron chi connectivity index (χ2n) is 11.4. The maximum Gasteiger partial charge on any atom is 0.253 e. The van der Waals surface area contributed by atoms with Crippen molar-refractivity contribution in [3.05, 3.63) is 41.0 Å². The van der Waals surface area contributed by atoms with E-state index in [9.17, 15) is 9.59 Å². The molecule has 1 aromatic rings. The van der Waals surface area contributed by atoms with Gasteiger partial charge in [-0.3, -0.25) is 9.59 Å². The number of carbonyl (C=O) groups excluding carboxylic acids is 2. The smallest absolute Gasteiger partial charge is 0.253 e. The molecular weight excluding hydrogens is 372 g/mol. The first-order chi connectivity index (χ1) is 14.1. The molecule has 0 atom stereocenters. The molecule has 4 heteroatoms. The van der Waals surface area contributed by atoms with Gasteiger partial charge in [-0.2, -0.15) is 0 Å². The molecule has 0 saturated heterocycles. The summed E-state index contributed by atoms with van der Waals surface area (Å²) in [7, 11) is 3.55. The van der Waals surface area contributed by atoms with Crippen LogP contribution in [0.1, 0.15) is 73.9 Å². The summed E-state index contributed by atoms with van der Waals surface area (Å²) in [5.41, 5.74) is 3.54. The minimum absolute atomic E-state index is 0.00519. The van der Waals surface area contributed by atoms with Crippen LogP contribution in [0, 0.1) is 23.2 Å². The molecule has 1 heterocycles. The number of fused-ring (bicyclic) bond motifs is 1. The van der Waals surface area contributed by atoms with E-state index in [1.807, 2.05) is 18.2 Å². The molecule has 0 spiro atoms. The lowest BCUT2D eigenvalue weighted by Crippen LogP contribution is -2.50. The number of allylic oxidation sites excluding steroid dienone is 1. The quantitative estimate of drug-likeness (QED) is 0.755. The van der Waals surface area contributed by atoms with Gasteiger partial charge in [0.2, 0.25) is 0 Å². The number of benzene rings is 1. The Morgan fingerprint density at radius 3 is 2.20 bits per heavy atom.